The van der Waals surface area contributed by atoms with Gasteiger partial charge in [-0.2, -0.15) is 0 Å². The molecule has 1 aromatic carbocycles. The van der Waals surface area contributed by atoms with Crippen LogP contribution in [0.2, 0.25) is 5.02 Å². The highest BCUT2D eigenvalue weighted by atomic mass is 35.5. The van der Waals surface area contributed by atoms with Crippen LogP contribution in [0.3, 0.4) is 0 Å². The Morgan fingerprint density at radius 2 is 2.23 bits per heavy atom. The van der Waals surface area contributed by atoms with Gasteiger partial charge in [-0.25, -0.2) is 0 Å². The van der Waals surface area contributed by atoms with Gasteiger partial charge in [-0.1, -0.05) is 11.6 Å². The van der Waals surface area contributed by atoms with Crippen LogP contribution in [0.15, 0.2) is 30.6 Å². The third-order valence-electron chi connectivity index (χ3n) is 1.88. The van der Waals surface area contributed by atoms with E-state index in [1.54, 1.807) is 18.5 Å². The quantitative estimate of drug-likeness (QED) is 0.649. The Morgan fingerprint density at radius 1 is 1.38 bits per heavy atom. The number of fused-ring (bicyclic) bond motifs is 1. The number of carbonyl (C=O) groups is 1. The fourth-order valence-corrected chi connectivity index (χ4v) is 1.52. The number of aromatic nitrogens is 1. The number of hydrogen-bond acceptors (Lipinski definition) is 2. The van der Waals surface area contributed by atoms with Gasteiger partial charge in [-0.15, -0.1) is 0 Å². The number of hydrogen-bond donors (Lipinski definition) is 0. The zero-order valence-electron chi connectivity index (χ0n) is 6.70. The Labute approximate surface area is 80.2 Å². The largest absolute Gasteiger partial charge is 0.298 e. The number of carbonyl (C=O) groups excluding carboxylic acids is 1. The molecule has 0 aliphatic heterocycles. The van der Waals surface area contributed by atoms with Gasteiger partial charge in [0.15, 0.2) is 6.29 Å². The van der Waals surface area contributed by atoms with Gasteiger partial charge in [0.1, 0.15) is 0 Å². The molecule has 64 valence electrons. The molecule has 2 nitrogen and oxygen atoms in total. The lowest BCUT2D eigenvalue weighted by molar-refractivity contribution is 0.112. The molecule has 13 heavy (non-hydrogen) atoms. The maximum absolute atomic E-state index is 10.7. The SMILES string of the molecule is O=Cc1cc(Cl)cc2ccncc12. The molecule has 0 aliphatic carbocycles. The smallest absolute Gasteiger partial charge is 0.150 e. The Kier molecular flexibility index (Phi) is 1.99. The first-order valence-corrected chi connectivity index (χ1v) is 4.17. The van der Waals surface area contributed by atoms with Gasteiger partial charge < -0.3 is 0 Å². The molecule has 1 aromatic heterocycles. The molecule has 0 spiro atoms. The molecule has 0 N–H and O–H groups in total. The van der Waals surface area contributed by atoms with Crippen molar-refractivity contribution >= 4 is 28.7 Å². The molecule has 0 bridgehead atoms. The van der Waals surface area contributed by atoms with Crippen LogP contribution in [0.25, 0.3) is 10.8 Å². The van der Waals surface area contributed by atoms with Crippen molar-refractivity contribution in [3.8, 4) is 0 Å². The molecule has 2 aromatic rings. The van der Waals surface area contributed by atoms with Gasteiger partial charge >= 0.3 is 0 Å². The second-order valence-electron chi connectivity index (χ2n) is 2.71. The van der Waals surface area contributed by atoms with Crippen LogP contribution in [-0.2, 0) is 0 Å². The first-order chi connectivity index (χ1) is 6.31. The summed E-state index contributed by atoms with van der Waals surface area (Å²) in [7, 11) is 0. The summed E-state index contributed by atoms with van der Waals surface area (Å²) < 4.78 is 0. The molecular weight excluding hydrogens is 186 g/mol. The fourth-order valence-electron chi connectivity index (χ4n) is 1.29. The first-order valence-electron chi connectivity index (χ1n) is 3.80. The normalized spacial score (nSPS) is 10.2. The molecular formula is C10H6ClNO. The van der Waals surface area contributed by atoms with E-state index in [2.05, 4.69) is 4.98 Å². The Morgan fingerprint density at radius 3 is 3.00 bits per heavy atom. The minimum Gasteiger partial charge on any atom is -0.298 e. The van der Waals surface area contributed by atoms with Crippen molar-refractivity contribution in [2.75, 3.05) is 0 Å². The number of benzene rings is 1. The van der Waals surface area contributed by atoms with Crippen molar-refractivity contribution in [1.29, 1.82) is 0 Å². The molecule has 0 unspecified atom stereocenters. The molecule has 3 heteroatoms. The standard InChI is InChI=1S/C10H6ClNO/c11-9-3-7-1-2-12-5-10(7)8(4-9)6-13/h1-6H. The minimum atomic E-state index is 0.570. The van der Waals surface area contributed by atoms with E-state index in [4.69, 9.17) is 11.6 Å². The summed E-state index contributed by atoms with van der Waals surface area (Å²) in [5, 5.41) is 2.34. The number of rotatable bonds is 1. The maximum Gasteiger partial charge on any atom is 0.150 e. The monoisotopic (exact) mass is 191 g/mol. The van der Waals surface area contributed by atoms with E-state index in [1.807, 2.05) is 12.1 Å². The average molecular weight is 192 g/mol. The molecule has 0 aliphatic rings. The second kappa shape index (κ2) is 3.15. The lowest BCUT2D eigenvalue weighted by atomic mass is 10.1. The minimum absolute atomic E-state index is 0.570. The molecule has 0 saturated heterocycles. The summed E-state index contributed by atoms with van der Waals surface area (Å²) in [6.45, 7) is 0. The van der Waals surface area contributed by atoms with Crippen LogP contribution in [0.5, 0.6) is 0 Å². The van der Waals surface area contributed by atoms with Crippen LogP contribution in [0.1, 0.15) is 10.4 Å². The number of aldehydes is 1. The maximum atomic E-state index is 10.7. The number of halogens is 1. The molecule has 0 amide bonds. The van der Waals surface area contributed by atoms with Crippen molar-refractivity contribution < 1.29 is 4.79 Å². The third kappa shape index (κ3) is 1.40. The van der Waals surface area contributed by atoms with Gasteiger partial charge in [0.05, 0.1) is 0 Å². The van der Waals surface area contributed by atoms with Crippen molar-refractivity contribution in [1.82, 2.24) is 4.98 Å². The predicted octanol–water partition coefficient (Wildman–Crippen LogP) is 2.70. The summed E-state index contributed by atoms with van der Waals surface area (Å²) >= 11 is 5.82. The second-order valence-corrected chi connectivity index (χ2v) is 3.15. The summed E-state index contributed by atoms with van der Waals surface area (Å²) in [6, 6.07) is 5.28. The van der Waals surface area contributed by atoms with Crippen LogP contribution >= 0.6 is 11.6 Å². The van der Waals surface area contributed by atoms with Crippen LogP contribution in [0.4, 0.5) is 0 Å². The summed E-state index contributed by atoms with van der Waals surface area (Å²) in [5.41, 5.74) is 0.579. The van der Waals surface area contributed by atoms with Crippen LogP contribution in [0, 0.1) is 0 Å². The molecule has 0 saturated carbocycles. The fraction of sp³-hybridized carbons (Fsp3) is 0. The summed E-state index contributed by atoms with van der Waals surface area (Å²) in [6.07, 6.45) is 4.12. The predicted molar refractivity (Wildman–Crippen MR) is 52.1 cm³/mol. The highest BCUT2D eigenvalue weighted by Crippen LogP contribution is 2.21. The highest BCUT2D eigenvalue weighted by molar-refractivity contribution is 6.31. The molecule has 0 atom stereocenters. The van der Waals surface area contributed by atoms with Crippen molar-refractivity contribution in [2.45, 2.75) is 0 Å². The van der Waals surface area contributed by atoms with E-state index in [1.165, 1.54) is 0 Å². The third-order valence-corrected chi connectivity index (χ3v) is 2.10. The van der Waals surface area contributed by atoms with E-state index in [0.717, 1.165) is 17.1 Å². The van der Waals surface area contributed by atoms with E-state index in [0.29, 0.717) is 10.6 Å². The first kappa shape index (κ1) is 8.20. The number of nitrogens with zero attached hydrogens (tertiary/aromatic N) is 1. The van der Waals surface area contributed by atoms with Gasteiger partial charge in [-0.3, -0.25) is 9.78 Å². The van der Waals surface area contributed by atoms with Crippen LogP contribution < -0.4 is 0 Å². The van der Waals surface area contributed by atoms with E-state index >= 15 is 0 Å². The topological polar surface area (TPSA) is 30.0 Å². The zero-order valence-corrected chi connectivity index (χ0v) is 7.45. The molecule has 0 fully saturated rings. The number of pyridine rings is 1. The highest BCUT2D eigenvalue weighted by Gasteiger charge is 2.01. The van der Waals surface area contributed by atoms with E-state index < -0.39 is 0 Å². The van der Waals surface area contributed by atoms with Crippen LogP contribution in [-0.4, -0.2) is 11.3 Å². The van der Waals surface area contributed by atoms with E-state index in [9.17, 15) is 4.79 Å². The summed E-state index contributed by atoms with van der Waals surface area (Å²) in [4.78, 5) is 14.6. The van der Waals surface area contributed by atoms with E-state index in [-0.39, 0.29) is 0 Å². The van der Waals surface area contributed by atoms with Crippen molar-refractivity contribution in [2.24, 2.45) is 0 Å². The Bertz CT molecular complexity index is 467. The Balaban J connectivity index is 2.89. The van der Waals surface area contributed by atoms with Crippen molar-refractivity contribution in [3.05, 3.63) is 41.2 Å². The van der Waals surface area contributed by atoms with Crippen molar-refractivity contribution in [3.63, 3.8) is 0 Å². The van der Waals surface area contributed by atoms with Gasteiger partial charge in [0, 0.05) is 28.4 Å². The van der Waals surface area contributed by atoms with Gasteiger partial charge in [0.25, 0.3) is 0 Å². The average Bonchev–Trinajstić information content (AvgIpc) is 2.16. The van der Waals surface area contributed by atoms with Gasteiger partial charge in [-0.05, 0) is 23.6 Å². The summed E-state index contributed by atoms with van der Waals surface area (Å²) in [5.74, 6) is 0. The lowest BCUT2D eigenvalue weighted by Gasteiger charge is -2.00. The molecule has 1 heterocycles. The molecule has 0 radical (unpaired) electrons. The zero-order chi connectivity index (χ0) is 9.26. The Hall–Kier alpha value is -1.41. The lowest BCUT2D eigenvalue weighted by Crippen LogP contribution is -1.84. The molecule has 2 rings (SSSR count). The van der Waals surface area contributed by atoms with Gasteiger partial charge in [0.2, 0.25) is 0 Å².